The zero-order valence-corrected chi connectivity index (χ0v) is 10.4. The minimum absolute atomic E-state index is 0.318. The standard InChI is InChI=1S/C11H20N4O/c1-8(2)15(5-6-16-4)10-7-9(3)13-11(12)14-10/h7-8H,5-6H2,1-4H3,(H2,12,13,14). The van der Waals surface area contributed by atoms with Crippen molar-refractivity contribution in [1.82, 2.24) is 9.97 Å². The third-order valence-corrected chi connectivity index (χ3v) is 2.31. The maximum absolute atomic E-state index is 5.65. The van der Waals surface area contributed by atoms with Gasteiger partial charge in [-0.1, -0.05) is 0 Å². The van der Waals surface area contributed by atoms with Crippen LogP contribution in [0.3, 0.4) is 0 Å². The van der Waals surface area contributed by atoms with Crippen molar-refractivity contribution in [2.24, 2.45) is 0 Å². The number of ether oxygens (including phenoxy) is 1. The van der Waals surface area contributed by atoms with Crippen LogP contribution >= 0.6 is 0 Å². The monoisotopic (exact) mass is 224 g/mol. The Labute approximate surface area is 96.6 Å². The fourth-order valence-corrected chi connectivity index (χ4v) is 1.55. The van der Waals surface area contributed by atoms with Crippen LogP contribution < -0.4 is 10.6 Å². The van der Waals surface area contributed by atoms with Crippen molar-refractivity contribution in [3.8, 4) is 0 Å². The lowest BCUT2D eigenvalue weighted by atomic mass is 10.3. The van der Waals surface area contributed by atoms with Crippen molar-refractivity contribution in [2.75, 3.05) is 30.9 Å². The molecule has 0 radical (unpaired) electrons. The number of aryl methyl sites for hydroxylation is 1. The molecule has 0 aliphatic heterocycles. The summed E-state index contributed by atoms with van der Waals surface area (Å²) in [5.41, 5.74) is 6.53. The smallest absolute Gasteiger partial charge is 0.222 e. The van der Waals surface area contributed by atoms with E-state index in [9.17, 15) is 0 Å². The zero-order chi connectivity index (χ0) is 12.1. The Bertz CT molecular complexity index is 321. The number of hydrogen-bond acceptors (Lipinski definition) is 5. The molecule has 0 amide bonds. The van der Waals surface area contributed by atoms with E-state index in [0.29, 0.717) is 18.6 Å². The Kier molecular flexibility index (Phi) is 4.49. The summed E-state index contributed by atoms with van der Waals surface area (Å²) in [7, 11) is 1.69. The molecule has 0 saturated heterocycles. The van der Waals surface area contributed by atoms with Gasteiger partial charge in [0, 0.05) is 31.5 Å². The molecular formula is C11H20N4O. The molecule has 2 N–H and O–H groups in total. The average molecular weight is 224 g/mol. The second kappa shape index (κ2) is 5.65. The molecule has 5 nitrogen and oxygen atoms in total. The van der Waals surface area contributed by atoms with E-state index in [2.05, 4.69) is 28.7 Å². The topological polar surface area (TPSA) is 64.3 Å². The zero-order valence-electron chi connectivity index (χ0n) is 10.4. The molecule has 90 valence electrons. The van der Waals surface area contributed by atoms with E-state index in [1.165, 1.54) is 0 Å². The van der Waals surface area contributed by atoms with E-state index in [1.807, 2.05) is 13.0 Å². The fourth-order valence-electron chi connectivity index (χ4n) is 1.55. The highest BCUT2D eigenvalue weighted by Gasteiger charge is 2.12. The molecular weight excluding hydrogens is 204 g/mol. The number of aromatic nitrogens is 2. The maximum atomic E-state index is 5.65. The van der Waals surface area contributed by atoms with E-state index >= 15 is 0 Å². The Morgan fingerprint density at radius 3 is 2.62 bits per heavy atom. The van der Waals surface area contributed by atoms with Gasteiger partial charge >= 0.3 is 0 Å². The summed E-state index contributed by atoms with van der Waals surface area (Å²) in [5, 5.41) is 0. The summed E-state index contributed by atoms with van der Waals surface area (Å²) in [6.07, 6.45) is 0. The predicted octanol–water partition coefficient (Wildman–Crippen LogP) is 1.23. The van der Waals surface area contributed by atoms with Crippen LogP contribution in [-0.4, -0.2) is 36.3 Å². The van der Waals surface area contributed by atoms with Crippen molar-refractivity contribution in [3.05, 3.63) is 11.8 Å². The van der Waals surface area contributed by atoms with Gasteiger partial charge in [0.2, 0.25) is 5.95 Å². The highest BCUT2D eigenvalue weighted by Crippen LogP contribution is 2.15. The van der Waals surface area contributed by atoms with Gasteiger partial charge in [0.25, 0.3) is 0 Å². The molecule has 5 heteroatoms. The van der Waals surface area contributed by atoms with Crippen LogP contribution in [0.1, 0.15) is 19.5 Å². The predicted molar refractivity (Wildman–Crippen MR) is 65.5 cm³/mol. The molecule has 0 unspecified atom stereocenters. The van der Waals surface area contributed by atoms with Crippen molar-refractivity contribution in [3.63, 3.8) is 0 Å². The summed E-state index contributed by atoms with van der Waals surface area (Å²) < 4.78 is 5.09. The van der Waals surface area contributed by atoms with E-state index < -0.39 is 0 Å². The molecule has 0 aromatic carbocycles. The Balaban J connectivity index is 2.91. The second-order valence-electron chi connectivity index (χ2n) is 4.01. The molecule has 0 fully saturated rings. The van der Waals surface area contributed by atoms with Crippen molar-refractivity contribution in [2.45, 2.75) is 26.8 Å². The molecule has 1 aromatic rings. The fraction of sp³-hybridized carbons (Fsp3) is 0.636. The Hall–Kier alpha value is -1.36. The lowest BCUT2D eigenvalue weighted by molar-refractivity contribution is 0.203. The summed E-state index contributed by atoms with van der Waals surface area (Å²) in [6.45, 7) is 7.61. The van der Waals surface area contributed by atoms with Crippen LogP contribution in [0.5, 0.6) is 0 Å². The molecule has 1 heterocycles. The number of methoxy groups -OCH3 is 1. The number of nitrogens with zero attached hydrogens (tertiary/aromatic N) is 3. The van der Waals surface area contributed by atoms with Crippen LogP contribution in [0.4, 0.5) is 11.8 Å². The van der Waals surface area contributed by atoms with Crippen LogP contribution in [-0.2, 0) is 4.74 Å². The first-order chi connectivity index (χ1) is 7.54. The highest BCUT2D eigenvalue weighted by molar-refractivity contribution is 5.44. The van der Waals surface area contributed by atoms with Crippen molar-refractivity contribution < 1.29 is 4.74 Å². The average Bonchev–Trinajstić information content (AvgIpc) is 2.16. The number of nitrogens with two attached hydrogens (primary N) is 1. The molecule has 0 saturated carbocycles. The maximum Gasteiger partial charge on any atom is 0.222 e. The van der Waals surface area contributed by atoms with E-state index in [0.717, 1.165) is 18.1 Å². The molecule has 0 aliphatic carbocycles. The summed E-state index contributed by atoms with van der Waals surface area (Å²) in [4.78, 5) is 10.5. The number of nitrogen functional groups attached to an aromatic ring is 1. The van der Waals surface area contributed by atoms with E-state index in [-0.39, 0.29) is 0 Å². The third kappa shape index (κ3) is 3.34. The van der Waals surface area contributed by atoms with Gasteiger partial charge in [-0.2, -0.15) is 4.98 Å². The molecule has 0 spiro atoms. The number of hydrogen-bond donors (Lipinski definition) is 1. The largest absolute Gasteiger partial charge is 0.383 e. The molecule has 1 rings (SSSR count). The first kappa shape index (κ1) is 12.7. The quantitative estimate of drug-likeness (QED) is 0.815. The van der Waals surface area contributed by atoms with Gasteiger partial charge in [0.1, 0.15) is 5.82 Å². The molecule has 16 heavy (non-hydrogen) atoms. The summed E-state index contributed by atoms with van der Waals surface area (Å²) in [6, 6.07) is 2.29. The Morgan fingerprint density at radius 2 is 2.12 bits per heavy atom. The van der Waals surface area contributed by atoms with E-state index in [1.54, 1.807) is 7.11 Å². The summed E-state index contributed by atoms with van der Waals surface area (Å²) >= 11 is 0. The second-order valence-corrected chi connectivity index (χ2v) is 4.01. The lowest BCUT2D eigenvalue weighted by Gasteiger charge is -2.27. The molecule has 1 aromatic heterocycles. The SMILES string of the molecule is COCCN(c1cc(C)nc(N)n1)C(C)C. The van der Waals surface area contributed by atoms with Crippen LogP contribution in [0, 0.1) is 6.92 Å². The van der Waals surface area contributed by atoms with Crippen molar-refractivity contribution >= 4 is 11.8 Å². The number of anilines is 2. The first-order valence-corrected chi connectivity index (χ1v) is 5.41. The van der Waals surface area contributed by atoms with E-state index in [4.69, 9.17) is 10.5 Å². The summed E-state index contributed by atoms with van der Waals surface area (Å²) in [5.74, 6) is 1.18. The Morgan fingerprint density at radius 1 is 1.44 bits per heavy atom. The number of rotatable bonds is 5. The minimum Gasteiger partial charge on any atom is -0.383 e. The van der Waals surface area contributed by atoms with Gasteiger partial charge in [-0.15, -0.1) is 0 Å². The normalized spacial score (nSPS) is 10.8. The van der Waals surface area contributed by atoms with Gasteiger partial charge in [-0.25, -0.2) is 4.98 Å². The van der Waals surface area contributed by atoms with Crippen molar-refractivity contribution in [1.29, 1.82) is 0 Å². The van der Waals surface area contributed by atoms with Gasteiger partial charge in [0.05, 0.1) is 6.61 Å². The van der Waals surface area contributed by atoms with Crippen LogP contribution in [0.15, 0.2) is 6.07 Å². The van der Waals surface area contributed by atoms with Gasteiger partial charge in [0.15, 0.2) is 0 Å². The van der Waals surface area contributed by atoms with Gasteiger partial charge in [-0.3, -0.25) is 0 Å². The minimum atomic E-state index is 0.318. The lowest BCUT2D eigenvalue weighted by Crippen LogP contribution is -2.34. The molecule has 0 atom stereocenters. The highest BCUT2D eigenvalue weighted by atomic mass is 16.5. The molecule has 0 aliphatic rings. The third-order valence-electron chi connectivity index (χ3n) is 2.31. The van der Waals surface area contributed by atoms with Crippen LogP contribution in [0.2, 0.25) is 0 Å². The van der Waals surface area contributed by atoms with Gasteiger partial charge < -0.3 is 15.4 Å². The van der Waals surface area contributed by atoms with Gasteiger partial charge in [-0.05, 0) is 20.8 Å². The van der Waals surface area contributed by atoms with Crippen LogP contribution in [0.25, 0.3) is 0 Å². The molecule has 0 bridgehead atoms. The first-order valence-electron chi connectivity index (χ1n) is 5.41.